The van der Waals surface area contributed by atoms with Gasteiger partial charge in [-0.25, -0.2) is 0 Å². The Balaban J connectivity index is 1.61. The van der Waals surface area contributed by atoms with Gasteiger partial charge in [-0.15, -0.1) is 0 Å². The van der Waals surface area contributed by atoms with Crippen LogP contribution in [0.4, 0.5) is 5.69 Å². The second kappa shape index (κ2) is 10.2. The number of nitrogens with zero attached hydrogens (tertiary/aromatic N) is 1. The number of halogens is 1. The maximum Gasteiger partial charge on any atom is 0.266 e. The number of nitriles is 1. The van der Waals surface area contributed by atoms with Gasteiger partial charge in [0.1, 0.15) is 29.7 Å². The third kappa shape index (κ3) is 5.28. The summed E-state index contributed by atoms with van der Waals surface area (Å²) in [6.07, 6.45) is 1.51. The highest BCUT2D eigenvalue weighted by atomic mass is 79.9. The molecule has 168 valence electrons. The van der Waals surface area contributed by atoms with Gasteiger partial charge in [0.15, 0.2) is 0 Å². The van der Waals surface area contributed by atoms with Crippen molar-refractivity contribution < 1.29 is 14.6 Å². The average molecular weight is 513 g/mol. The smallest absolute Gasteiger partial charge is 0.266 e. The lowest BCUT2D eigenvalue weighted by molar-refractivity contribution is -0.112. The molecule has 0 saturated carbocycles. The number of hydrogen-bond donors (Lipinski definition) is 2. The fraction of sp³-hybridized carbons (Fsp3) is 0.0714. The van der Waals surface area contributed by atoms with Crippen molar-refractivity contribution in [1.29, 1.82) is 5.26 Å². The van der Waals surface area contributed by atoms with Crippen LogP contribution in [0.3, 0.4) is 0 Å². The minimum atomic E-state index is -0.552. The topological polar surface area (TPSA) is 82.3 Å². The molecular formula is C28H21BrN2O3. The van der Waals surface area contributed by atoms with E-state index < -0.39 is 5.91 Å². The summed E-state index contributed by atoms with van der Waals surface area (Å²) in [6.45, 7) is 2.40. The van der Waals surface area contributed by atoms with E-state index in [1.807, 2.05) is 30.3 Å². The van der Waals surface area contributed by atoms with Crippen molar-refractivity contribution in [2.75, 3.05) is 5.32 Å². The van der Waals surface area contributed by atoms with Crippen molar-refractivity contribution in [3.63, 3.8) is 0 Å². The lowest BCUT2D eigenvalue weighted by atomic mass is 10.0. The molecule has 0 saturated heterocycles. The summed E-state index contributed by atoms with van der Waals surface area (Å²) in [6, 6.07) is 25.8. The van der Waals surface area contributed by atoms with Crippen LogP contribution in [-0.4, -0.2) is 11.0 Å². The monoisotopic (exact) mass is 512 g/mol. The predicted molar refractivity (Wildman–Crippen MR) is 137 cm³/mol. The number of anilines is 1. The van der Waals surface area contributed by atoms with E-state index in [1.165, 1.54) is 18.2 Å². The van der Waals surface area contributed by atoms with E-state index in [2.05, 4.69) is 52.4 Å². The fourth-order valence-corrected chi connectivity index (χ4v) is 3.98. The lowest BCUT2D eigenvalue weighted by Gasteiger charge is -2.14. The number of fused-ring (bicyclic) bond motifs is 1. The summed E-state index contributed by atoms with van der Waals surface area (Å²) in [5.74, 6) is 0.0936. The van der Waals surface area contributed by atoms with E-state index in [1.54, 1.807) is 18.2 Å². The van der Waals surface area contributed by atoms with E-state index in [-0.39, 0.29) is 11.3 Å². The number of phenolic OH excluding ortho intramolecular Hbond substituents is 1. The first kappa shape index (κ1) is 23.1. The van der Waals surface area contributed by atoms with Gasteiger partial charge in [0, 0.05) is 21.3 Å². The zero-order chi connectivity index (χ0) is 24.1. The summed E-state index contributed by atoms with van der Waals surface area (Å²) < 4.78 is 6.98. The van der Waals surface area contributed by atoms with Crippen molar-refractivity contribution in [3.05, 3.63) is 106 Å². The van der Waals surface area contributed by atoms with Gasteiger partial charge in [-0.3, -0.25) is 4.79 Å². The van der Waals surface area contributed by atoms with E-state index in [0.717, 1.165) is 26.4 Å². The van der Waals surface area contributed by atoms with Gasteiger partial charge in [0.05, 0.1) is 0 Å². The summed E-state index contributed by atoms with van der Waals surface area (Å²) in [4.78, 5) is 12.7. The minimum absolute atomic E-state index is 0.0719. The summed E-state index contributed by atoms with van der Waals surface area (Å²) >= 11 is 3.45. The number of phenols is 1. The van der Waals surface area contributed by atoms with Crippen LogP contribution in [-0.2, 0) is 11.4 Å². The molecule has 5 nitrogen and oxygen atoms in total. The van der Waals surface area contributed by atoms with Crippen molar-refractivity contribution >= 4 is 44.4 Å². The van der Waals surface area contributed by atoms with Crippen LogP contribution in [0.25, 0.3) is 16.8 Å². The van der Waals surface area contributed by atoms with Crippen molar-refractivity contribution in [3.8, 4) is 17.6 Å². The van der Waals surface area contributed by atoms with Crippen LogP contribution >= 0.6 is 15.9 Å². The van der Waals surface area contributed by atoms with Gasteiger partial charge in [-0.05, 0) is 71.8 Å². The molecule has 4 aromatic carbocycles. The van der Waals surface area contributed by atoms with Gasteiger partial charge < -0.3 is 15.2 Å². The normalized spacial score (nSPS) is 11.1. The summed E-state index contributed by atoms with van der Waals surface area (Å²) in [5, 5.41) is 24.0. The standard InChI is InChI=1S/C28H21BrN2O3/c1-18-6-7-19-4-2-3-5-25(19)26(18)17-34-27-13-8-22(29)15-20(27)14-21(16-30)28(33)31-23-9-11-24(32)12-10-23/h2-15,32H,17H2,1H3,(H,31,33)/b21-14+. The highest BCUT2D eigenvalue weighted by molar-refractivity contribution is 9.10. The number of aromatic hydroxyl groups is 1. The Bertz CT molecular complexity index is 1440. The SMILES string of the molecule is Cc1ccc2ccccc2c1COc1ccc(Br)cc1/C=C(\C#N)C(=O)Nc1ccc(O)cc1. The molecule has 34 heavy (non-hydrogen) atoms. The lowest BCUT2D eigenvalue weighted by Crippen LogP contribution is -2.13. The zero-order valence-electron chi connectivity index (χ0n) is 18.4. The van der Waals surface area contributed by atoms with E-state index >= 15 is 0 Å². The molecule has 0 aliphatic rings. The van der Waals surface area contributed by atoms with Gasteiger partial charge in [-0.1, -0.05) is 52.3 Å². The molecule has 4 aromatic rings. The van der Waals surface area contributed by atoms with Gasteiger partial charge >= 0.3 is 0 Å². The van der Waals surface area contributed by atoms with E-state index in [4.69, 9.17) is 4.74 Å². The number of rotatable bonds is 6. The third-order valence-corrected chi connectivity index (χ3v) is 5.90. The maximum atomic E-state index is 12.7. The molecule has 0 bridgehead atoms. The first-order valence-corrected chi connectivity index (χ1v) is 11.4. The molecule has 1 amide bonds. The van der Waals surface area contributed by atoms with Crippen LogP contribution < -0.4 is 10.1 Å². The molecule has 0 spiro atoms. The number of carbonyl (C=O) groups is 1. The maximum absolute atomic E-state index is 12.7. The Labute approximate surface area is 206 Å². The second-order valence-electron chi connectivity index (χ2n) is 7.72. The van der Waals surface area contributed by atoms with Crippen LogP contribution in [0.1, 0.15) is 16.7 Å². The molecular weight excluding hydrogens is 492 g/mol. The van der Waals surface area contributed by atoms with Crippen LogP contribution in [0.2, 0.25) is 0 Å². The Morgan fingerprint density at radius 2 is 1.85 bits per heavy atom. The Morgan fingerprint density at radius 3 is 2.62 bits per heavy atom. The second-order valence-corrected chi connectivity index (χ2v) is 8.64. The Kier molecular flexibility index (Phi) is 6.95. The number of benzene rings is 4. The summed E-state index contributed by atoms with van der Waals surface area (Å²) in [5.41, 5.74) is 3.21. The number of hydrogen-bond acceptors (Lipinski definition) is 4. The third-order valence-electron chi connectivity index (χ3n) is 5.41. The molecule has 0 fully saturated rings. The first-order chi connectivity index (χ1) is 16.4. The first-order valence-electron chi connectivity index (χ1n) is 10.6. The molecule has 0 aliphatic heterocycles. The molecule has 0 aliphatic carbocycles. The molecule has 0 aromatic heterocycles. The Morgan fingerprint density at radius 1 is 1.09 bits per heavy atom. The van der Waals surface area contributed by atoms with Crippen molar-refractivity contribution in [1.82, 2.24) is 0 Å². The van der Waals surface area contributed by atoms with Gasteiger partial charge in [0.2, 0.25) is 0 Å². The molecule has 0 atom stereocenters. The molecule has 0 radical (unpaired) electrons. The zero-order valence-corrected chi connectivity index (χ0v) is 20.0. The van der Waals surface area contributed by atoms with E-state index in [0.29, 0.717) is 23.6 Å². The molecule has 0 heterocycles. The number of ether oxygens (including phenoxy) is 1. The highest BCUT2D eigenvalue weighted by Gasteiger charge is 2.13. The fourth-order valence-electron chi connectivity index (χ4n) is 3.60. The average Bonchev–Trinajstić information content (AvgIpc) is 2.84. The summed E-state index contributed by atoms with van der Waals surface area (Å²) in [7, 11) is 0. The quantitative estimate of drug-likeness (QED) is 0.170. The van der Waals surface area contributed by atoms with Crippen LogP contribution in [0.15, 0.2) is 88.9 Å². The number of nitrogens with one attached hydrogen (secondary N) is 1. The predicted octanol–water partition coefficient (Wildman–Crippen LogP) is 6.74. The Hall–Kier alpha value is -4.08. The van der Waals surface area contributed by atoms with E-state index in [9.17, 15) is 15.2 Å². The molecule has 4 rings (SSSR count). The number of carbonyl (C=O) groups excluding carboxylic acids is 1. The van der Waals surface area contributed by atoms with Gasteiger partial charge in [-0.2, -0.15) is 5.26 Å². The minimum Gasteiger partial charge on any atom is -0.508 e. The number of amides is 1. The van der Waals surface area contributed by atoms with Crippen LogP contribution in [0.5, 0.6) is 11.5 Å². The van der Waals surface area contributed by atoms with Crippen molar-refractivity contribution in [2.45, 2.75) is 13.5 Å². The van der Waals surface area contributed by atoms with Crippen LogP contribution in [0, 0.1) is 18.3 Å². The van der Waals surface area contributed by atoms with Crippen molar-refractivity contribution in [2.24, 2.45) is 0 Å². The molecule has 6 heteroatoms. The molecule has 0 unspecified atom stereocenters. The van der Waals surface area contributed by atoms with Gasteiger partial charge in [0.25, 0.3) is 5.91 Å². The largest absolute Gasteiger partial charge is 0.508 e. The molecule has 2 N–H and O–H groups in total. The highest BCUT2D eigenvalue weighted by Crippen LogP contribution is 2.29. The number of aryl methyl sites for hydroxylation is 1.